The molecule has 1 aromatic carbocycles. The standard InChI is InChI=1S/C21H24N4O2/c1-16-7-6-14-22-18(16)15-23-19(26)12-13-21-25-24-20(27-21)11-5-10-17-8-3-2-4-9-17/h2-4,6-9,14H,5,10-13,15H2,1H3,(H,23,26). The van der Waals surface area contributed by atoms with E-state index in [2.05, 4.69) is 32.6 Å². The predicted octanol–water partition coefficient (Wildman–Crippen LogP) is 3.20. The van der Waals surface area contributed by atoms with E-state index in [1.54, 1.807) is 6.20 Å². The minimum atomic E-state index is -0.0520. The molecule has 0 spiro atoms. The van der Waals surface area contributed by atoms with E-state index in [4.69, 9.17) is 4.42 Å². The van der Waals surface area contributed by atoms with Crippen molar-refractivity contribution in [1.82, 2.24) is 20.5 Å². The molecular formula is C21H24N4O2. The third-order valence-corrected chi connectivity index (χ3v) is 4.34. The van der Waals surface area contributed by atoms with E-state index in [0.717, 1.165) is 30.5 Å². The van der Waals surface area contributed by atoms with E-state index in [1.165, 1.54) is 5.56 Å². The Morgan fingerprint density at radius 1 is 1.00 bits per heavy atom. The summed E-state index contributed by atoms with van der Waals surface area (Å²) >= 11 is 0. The highest BCUT2D eigenvalue weighted by atomic mass is 16.4. The van der Waals surface area contributed by atoms with Gasteiger partial charge in [0, 0.05) is 25.5 Å². The van der Waals surface area contributed by atoms with Crippen LogP contribution in [0, 0.1) is 6.92 Å². The van der Waals surface area contributed by atoms with Gasteiger partial charge in [0.05, 0.1) is 12.2 Å². The van der Waals surface area contributed by atoms with Crippen molar-refractivity contribution in [2.45, 2.75) is 45.6 Å². The van der Waals surface area contributed by atoms with Crippen molar-refractivity contribution in [3.05, 3.63) is 77.3 Å². The molecule has 0 aliphatic heterocycles. The van der Waals surface area contributed by atoms with E-state index in [0.29, 0.717) is 31.2 Å². The molecule has 1 N–H and O–H groups in total. The number of carbonyl (C=O) groups is 1. The van der Waals surface area contributed by atoms with Gasteiger partial charge in [-0.25, -0.2) is 0 Å². The van der Waals surface area contributed by atoms with Crippen molar-refractivity contribution in [2.75, 3.05) is 0 Å². The molecule has 0 radical (unpaired) electrons. The smallest absolute Gasteiger partial charge is 0.220 e. The van der Waals surface area contributed by atoms with Gasteiger partial charge in [-0.1, -0.05) is 36.4 Å². The molecule has 1 amide bonds. The van der Waals surface area contributed by atoms with Gasteiger partial charge >= 0.3 is 0 Å². The lowest BCUT2D eigenvalue weighted by Crippen LogP contribution is -2.24. The molecule has 0 bridgehead atoms. The van der Waals surface area contributed by atoms with Gasteiger partial charge in [-0.05, 0) is 37.0 Å². The number of amides is 1. The largest absolute Gasteiger partial charge is 0.425 e. The summed E-state index contributed by atoms with van der Waals surface area (Å²) in [4.78, 5) is 16.3. The maximum Gasteiger partial charge on any atom is 0.220 e. The third kappa shape index (κ3) is 6.02. The van der Waals surface area contributed by atoms with Gasteiger partial charge < -0.3 is 9.73 Å². The van der Waals surface area contributed by atoms with Crippen molar-refractivity contribution in [3.63, 3.8) is 0 Å². The lowest BCUT2D eigenvalue weighted by molar-refractivity contribution is -0.121. The fraction of sp³-hybridized carbons (Fsp3) is 0.333. The van der Waals surface area contributed by atoms with Crippen LogP contribution in [-0.2, 0) is 30.6 Å². The number of nitrogens with zero attached hydrogens (tertiary/aromatic N) is 3. The number of hydrogen-bond acceptors (Lipinski definition) is 5. The maximum absolute atomic E-state index is 12.0. The number of benzene rings is 1. The van der Waals surface area contributed by atoms with Crippen LogP contribution >= 0.6 is 0 Å². The first-order chi connectivity index (χ1) is 13.2. The van der Waals surface area contributed by atoms with Gasteiger partial charge in [0.1, 0.15) is 0 Å². The van der Waals surface area contributed by atoms with E-state index < -0.39 is 0 Å². The Labute approximate surface area is 159 Å². The van der Waals surface area contributed by atoms with Crippen LogP contribution in [0.4, 0.5) is 0 Å². The fourth-order valence-corrected chi connectivity index (χ4v) is 2.77. The third-order valence-electron chi connectivity index (χ3n) is 4.34. The number of pyridine rings is 1. The van der Waals surface area contributed by atoms with Crippen molar-refractivity contribution in [3.8, 4) is 0 Å². The minimum absolute atomic E-state index is 0.0520. The minimum Gasteiger partial charge on any atom is -0.425 e. The van der Waals surface area contributed by atoms with Crippen LogP contribution in [0.1, 0.15) is 41.4 Å². The molecule has 0 atom stereocenters. The summed E-state index contributed by atoms with van der Waals surface area (Å²) in [5.41, 5.74) is 3.25. The average molecular weight is 364 g/mol. The van der Waals surface area contributed by atoms with E-state index in [-0.39, 0.29) is 5.91 Å². The molecule has 6 heteroatoms. The highest BCUT2D eigenvalue weighted by Gasteiger charge is 2.09. The molecule has 0 aliphatic rings. The second-order valence-electron chi connectivity index (χ2n) is 6.47. The second kappa shape index (κ2) is 9.62. The van der Waals surface area contributed by atoms with Crippen LogP contribution < -0.4 is 5.32 Å². The Balaban J connectivity index is 1.37. The highest BCUT2D eigenvalue weighted by molar-refractivity contribution is 5.75. The summed E-state index contributed by atoms with van der Waals surface area (Å²) in [5, 5.41) is 11.0. The van der Waals surface area contributed by atoms with E-state index in [9.17, 15) is 4.79 Å². The number of rotatable bonds is 9. The summed E-state index contributed by atoms with van der Waals surface area (Å²) in [5.74, 6) is 1.09. The first kappa shape index (κ1) is 18.8. The Bertz CT molecular complexity index is 861. The zero-order chi connectivity index (χ0) is 18.9. The highest BCUT2D eigenvalue weighted by Crippen LogP contribution is 2.09. The summed E-state index contributed by atoms with van der Waals surface area (Å²) in [7, 11) is 0. The molecule has 0 unspecified atom stereocenters. The molecule has 6 nitrogen and oxygen atoms in total. The van der Waals surface area contributed by atoms with Crippen molar-refractivity contribution in [2.24, 2.45) is 0 Å². The number of aromatic nitrogens is 3. The van der Waals surface area contributed by atoms with Gasteiger partial charge in [-0.3, -0.25) is 9.78 Å². The molecule has 0 aliphatic carbocycles. The Kier molecular flexibility index (Phi) is 6.68. The monoisotopic (exact) mass is 364 g/mol. The summed E-state index contributed by atoms with van der Waals surface area (Å²) < 4.78 is 5.64. The van der Waals surface area contributed by atoms with Crippen molar-refractivity contribution >= 4 is 5.91 Å². The SMILES string of the molecule is Cc1cccnc1CNC(=O)CCc1nnc(CCCc2ccccc2)o1. The number of carbonyl (C=O) groups excluding carboxylic acids is 1. The Morgan fingerprint density at radius 2 is 1.78 bits per heavy atom. The zero-order valence-electron chi connectivity index (χ0n) is 15.5. The normalized spacial score (nSPS) is 10.7. The molecule has 2 aromatic heterocycles. The van der Waals surface area contributed by atoms with Gasteiger partial charge in [-0.15, -0.1) is 10.2 Å². The summed E-state index contributed by atoms with van der Waals surface area (Å²) in [6.07, 6.45) is 5.17. The fourth-order valence-electron chi connectivity index (χ4n) is 2.77. The zero-order valence-corrected chi connectivity index (χ0v) is 15.5. The molecule has 2 heterocycles. The summed E-state index contributed by atoms with van der Waals surface area (Å²) in [6, 6.07) is 14.2. The van der Waals surface area contributed by atoms with Gasteiger partial charge in [-0.2, -0.15) is 0 Å². The quantitative estimate of drug-likeness (QED) is 0.631. The molecule has 0 saturated heterocycles. The first-order valence-corrected chi connectivity index (χ1v) is 9.23. The van der Waals surface area contributed by atoms with Crippen molar-refractivity contribution < 1.29 is 9.21 Å². The number of nitrogens with one attached hydrogen (secondary N) is 1. The van der Waals surface area contributed by atoms with Crippen LogP contribution in [0.25, 0.3) is 0 Å². The summed E-state index contributed by atoms with van der Waals surface area (Å²) in [6.45, 7) is 2.41. The molecule has 140 valence electrons. The molecule has 0 fully saturated rings. The van der Waals surface area contributed by atoms with Crippen LogP contribution in [0.15, 0.2) is 53.1 Å². The molecule has 0 saturated carbocycles. The van der Waals surface area contributed by atoms with Gasteiger partial charge in [0.25, 0.3) is 0 Å². The second-order valence-corrected chi connectivity index (χ2v) is 6.47. The lowest BCUT2D eigenvalue weighted by Gasteiger charge is -2.06. The van der Waals surface area contributed by atoms with Crippen LogP contribution in [0.3, 0.4) is 0 Å². The van der Waals surface area contributed by atoms with Crippen LogP contribution in [0.2, 0.25) is 0 Å². The van der Waals surface area contributed by atoms with Gasteiger partial charge in [0.2, 0.25) is 17.7 Å². The Hall–Kier alpha value is -3.02. The molecular weight excluding hydrogens is 340 g/mol. The van der Waals surface area contributed by atoms with Crippen molar-refractivity contribution in [1.29, 1.82) is 0 Å². The number of hydrogen-bond donors (Lipinski definition) is 1. The average Bonchev–Trinajstić information content (AvgIpc) is 3.14. The molecule has 27 heavy (non-hydrogen) atoms. The van der Waals surface area contributed by atoms with Gasteiger partial charge in [0.15, 0.2) is 0 Å². The van der Waals surface area contributed by atoms with E-state index in [1.807, 2.05) is 37.3 Å². The molecule has 3 aromatic rings. The predicted molar refractivity (Wildman–Crippen MR) is 102 cm³/mol. The van der Waals surface area contributed by atoms with Crippen LogP contribution in [-0.4, -0.2) is 21.1 Å². The molecule has 3 rings (SSSR count). The Morgan fingerprint density at radius 3 is 2.56 bits per heavy atom. The first-order valence-electron chi connectivity index (χ1n) is 9.23. The van der Waals surface area contributed by atoms with Crippen LogP contribution in [0.5, 0.6) is 0 Å². The topological polar surface area (TPSA) is 80.9 Å². The van der Waals surface area contributed by atoms with E-state index >= 15 is 0 Å². The maximum atomic E-state index is 12.0. The lowest BCUT2D eigenvalue weighted by atomic mass is 10.1. The number of aryl methyl sites for hydroxylation is 4.